The largest absolute Gasteiger partial charge is 0.459 e. The van der Waals surface area contributed by atoms with E-state index in [0.29, 0.717) is 0 Å². The Labute approximate surface area is 127 Å². The molecule has 1 saturated heterocycles. The summed E-state index contributed by atoms with van der Waals surface area (Å²) in [5.41, 5.74) is 2.36. The molecule has 1 aromatic carbocycles. The van der Waals surface area contributed by atoms with Crippen LogP contribution < -0.4 is 5.32 Å². The van der Waals surface area contributed by atoms with Crippen molar-refractivity contribution < 1.29 is 4.42 Å². The molecule has 2 aromatic rings. The monoisotopic (exact) mass is 286 g/mol. The Balaban J connectivity index is 1.89. The predicted molar refractivity (Wildman–Crippen MR) is 87.3 cm³/mol. The third-order valence-electron chi connectivity index (χ3n) is 4.65. The van der Waals surface area contributed by atoms with Crippen LogP contribution in [-0.2, 0) is 13.1 Å². The molecule has 1 N–H and O–H groups in total. The number of hydrogen-bond donors (Lipinski definition) is 1. The summed E-state index contributed by atoms with van der Waals surface area (Å²) in [4.78, 5) is 2.59. The third-order valence-corrected chi connectivity index (χ3v) is 4.65. The number of fused-ring (bicyclic) bond motifs is 1. The smallest absolute Gasteiger partial charge is 0.134 e. The lowest BCUT2D eigenvalue weighted by atomic mass is 10.1. The van der Waals surface area contributed by atoms with Gasteiger partial charge in [-0.3, -0.25) is 4.90 Å². The Hall–Kier alpha value is -1.32. The summed E-state index contributed by atoms with van der Waals surface area (Å²) in [7, 11) is 0. The Morgan fingerprint density at radius 1 is 1.29 bits per heavy atom. The van der Waals surface area contributed by atoms with Gasteiger partial charge < -0.3 is 9.73 Å². The Morgan fingerprint density at radius 2 is 2.14 bits per heavy atom. The highest BCUT2D eigenvalue weighted by Gasteiger charge is 2.25. The zero-order valence-corrected chi connectivity index (χ0v) is 13.2. The molecule has 0 amide bonds. The molecule has 1 aliphatic heterocycles. The fourth-order valence-electron chi connectivity index (χ4n) is 3.47. The molecule has 0 spiro atoms. The Morgan fingerprint density at radius 3 is 2.95 bits per heavy atom. The van der Waals surface area contributed by atoms with Gasteiger partial charge in [0.2, 0.25) is 0 Å². The summed E-state index contributed by atoms with van der Waals surface area (Å²) < 4.78 is 6.17. The van der Waals surface area contributed by atoms with Crippen molar-refractivity contribution in [2.75, 3.05) is 13.1 Å². The molecule has 1 aliphatic rings. The van der Waals surface area contributed by atoms with Gasteiger partial charge in [-0.25, -0.2) is 0 Å². The standard InChI is InChI=1S/C18H26N2O/c1-3-14-8-7-11-20(14)13-18-16(12-19-4-2)15-9-5-6-10-17(15)21-18/h5-6,9-10,14,19H,3-4,7-8,11-13H2,1-2H3. The second-order valence-electron chi connectivity index (χ2n) is 5.96. The fourth-order valence-corrected chi connectivity index (χ4v) is 3.47. The lowest BCUT2D eigenvalue weighted by molar-refractivity contribution is 0.222. The van der Waals surface area contributed by atoms with Gasteiger partial charge in [0.15, 0.2) is 0 Å². The molecular formula is C18H26N2O. The number of nitrogens with zero attached hydrogens (tertiary/aromatic N) is 1. The van der Waals surface area contributed by atoms with Crippen molar-refractivity contribution in [2.24, 2.45) is 0 Å². The molecule has 0 radical (unpaired) electrons. The molecule has 1 unspecified atom stereocenters. The van der Waals surface area contributed by atoms with Crippen molar-refractivity contribution in [1.82, 2.24) is 10.2 Å². The maximum absolute atomic E-state index is 6.17. The van der Waals surface area contributed by atoms with Crippen molar-refractivity contribution in [3.8, 4) is 0 Å². The van der Waals surface area contributed by atoms with Crippen molar-refractivity contribution >= 4 is 11.0 Å². The van der Waals surface area contributed by atoms with E-state index in [0.717, 1.165) is 37.0 Å². The topological polar surface area (TPSA) is 28.4 Å². The molecule has 0 bridgehead atoms. The minimum atomic E-state index is 0.727. The summed E-state index contributed by atoms with van der Waals surface area (Å²) in [5.74, 6) is 1.15. The quantitative estimate of drug-likeness (QED) is 0.872. The molecule has 1 atom stereocenters. The van der Waals surface area contributed by atoms with Crippen LogP contribution in [0.1, 0.15) is 44.4 Å². The minimum absolute atomic E-state index is 0.727. The molecule has 1 fully saturated rings. The van der Waals surface area contributed by atoms with E-state index < -0.39 is 0 Å². The fraction of sp³-hybridized carbons (Fsp3) is 0.556. The molecule has 114 valence electrons. The first-order chi connectivity index (χ1) is 10.3. The summed E-state index contributed by atoms with van der Waals surface area (Å²) in [5, 5.41) is 4.72. The van der Waals surface area contributed by atoms with Gasteiger partial charge in [0, 0.05) is 23.5 Å². The maximum Gasteiger partial charge on any atom is 0.134 e. The van der Waals surface area contributed by atoms with E-state index in [-0.39, 0.29) is 0 Å². The SMILES string of the molecule is CCNCc1c(CN2CCCC2CC)oc2ccccc12. The Kier molecular flexibility index (Phi) is 4.61. The van der Waals surface area contributed by atoms with Crippen LogP contribution in [-0.4, -0.2) is 24.0 Å². The molecule has 3 rings (SSSR count). The first kappa shape index (κ1) is 14.6. The van der Waals surface area contributed by atoms with Crippen LogP contribution >= 0.6 is 0 Å². The van der Waals surface area contributed by atoms with Crippen LogP contribution in [0.3, 0.4) is 0 Å². The molecule has 3 heteroatoms. The molecule has 0 aliphatic carbocycles. The van der Waals surface area contributed by atoms with Crippen LogP contribution in [0.5, 0.6) is 0 Å². The van der Waals surface area contributed by atoms with Gasteiger partial charge in [0.1, 0.15) is 11.3 Å². The number of hydrogen-bond acceptors (Lipinski definition) is 3. The second kappa shape index (κ2) is 6.63. The van der Waals surface area contributed by atoms with Crippen LogP contribution in [0.2, 0.25) is 0 Å². The van der Waals surface area contributed by atoms with E-state index in [2.05, 4.69) is 48.3 Å². The summed E-state index contributed by atoms with van der Waals surface area (Å²) in [6.07, 6.45) is 3.89. The first-order valence-corrected chi connectivity index (χ1v) is 8.27. The zero-order valence-electron chi connectivity index (χ0n) is 13.2. The number of furan rings is 1. The number of likely N-dealkylation sites (tertiary alicyclic amines) is 1. The van der Waals surface area contributed by atoms with E-state index in [4.69, 9.17) is 4.42 Å². The second-order valence-corrected chi connectivity index (χ2v) is 5.96. The Bertz CT molecular complexity index is 590. The predicted octanol–water partition coefficient (Wildman–Crippen LogP) is 3.92. The number of nitrogens with one attached hydrogen (secondary N) is 1. The van der Waals surface area contributed by atoms with E-state index >= 15 is 0 Å². The summed E-state index contributed by atoms with van der Waals surface area (Å²) in [6, 6.07) is 9.13. The van der Waals surface area contributed by atoms with E-state index in [1.54, 1.807) is 0 Å². The zero-order chi connectivity index (χ0) is 14.7. The van der Waals surface area contributed by atoms with E-state index in [1.807, 2.05) is 0 Å². The van der Waals surface area contributed by atoms with Crippen LogP contribution in [0.4, 0.5) is 0 Å². The lowest BCUT2D eigenvalue weighted by Gasteiger charge is -2.22. The van der Waals surface area contributed by atoms with Crippen molar-refractivity contribution in [3.05, 3.63) is 35.6 Å². The molecule has 3 nitrogen and oxygen atoms in total. The van der Waals surface area contributed by atoms with Crippen molar-refractivity contribution in [2.45, 2.75) is 52.2 Å². The highest BCUT2D eigenvalue weighted by Crippen LogP contribution is 2.29. The molecule has 1 aromatic heterocycles. The molecule has 21 heavy (non-hydrogen) atoms. The summed E-state index contributed by atoms with van der Waals surface area (Å²) in [6.45, 7) is 8.48. The highest BCUT2D eigenvalue weighted by atomic mass is 16.3. The summed E-state index contributed by atoms with van der Waals surface area (Å²) >= 11 is 0. The van der Waals surface area contributed by atoms with Crippen molar-refractivity contribution in [3.63, 3.8) is 0 Å². The average Bonchev–Trinajstić information content (AvgIpc) is 3.09. The lowest BCUT2D eigenvalue weighted by Crippen LogP contribution is -2.28. The number of benzene rings is 1. The maximum atomic E-state index is 6.17. The van der Waals surface area contributed by atoms with Crippen LogP contribution in [0, 0.1) is 0 Å². The first-order valence-electron chi connectivity index (χ1n) is 8.27. The van der Waals surface area contributed by atoms with Gasteiger partial charge >= 0.3 is 0 Å². The number of rotatable bonds is 6. The van der Waals surface area contributed by atoms with Gasteiger partial charge in [0.05, 0.1) is 6.54 Å². The molecule has 0 saturated carbocycles. The van der Waals surface area contributed by atoms with Crippen molar-refractivity contribution in [1.29, 1.82) is 0 Å². The molecule has 2 heterocycles. The van der Waals surface area contributed by atoms with Crippen LogP contribution in [0.15, 0.2) is 28.7 Å². The normalized spacial score (nSPS) is 19.6. The van der Waals surface area contributed by atoms with Gasteiger partial charge in [-0.2, -0.15) is 0 Å². The van der Waals surface area contributed by atoms with Gasteiger partial charge in [-0.1, -0.05) is 32.0 Å². The van der Waals surface area contributed by atoms with E-state index in [1.165, 1.54) is 36.8 Å². The highest BCUT2D eigenvalue weighted by molar-refractivity contribution is 5.82. The van der Waals surface area contributed by atoms with Crippen LogP contribution in [0.25, 0.3) is 11.0 Å². The average molecular weight is 286 g/mol. The van der Waals surface area contributed by atoms with Gasteiger partial charge in [-0.15, -0.1) is 0 Å². The van der Waals surface area contributed by atoms with Gasteiger partial charge in [0.25, 0.3) is 0 Å². The van der Waals surface area contributed by atoms with E-state index in [9.17, 15) is 0 Å². The third kappa shape index (κ3) is 2.99. The number of para-hydroxylation sites is 1. The minimum Gasteiger partial charge on any atom is -0.459 e. The molecular weight excluding hydrogens is 260 g/mol. The van der Waals surface area contributed by atoms with Gasteiger partial charge in [-0.05, 0) is 38.4 Å².